The SMILES string of the molecule is Cc1ccc(C)c(-c2cccc(C(O)CN)c2)c1. The van der Waals surface area contributed by atoms with Crippen molar-refractivity contribution in [3.8, 4) is 11.1 Å². The minimum Gasteiger partial charge on any atom is -0.387 e. The molecule has 2 heteroatoms. The minimum atomic E-state index is -0.588. The lowest BCUT2D eigenvalue weighted by atomic mass is 9.96. The minimum absolute atomic E-state index is 0.246. The van der Waals surface area contributed by atoms with Crippen LogP contribution in [0.15, 0.2) is 42.5 Å². The normalized spacial score (nSPS) is 12.4. The molecule has 0 aromatic heterocycles. The summed E-state index contributed by atoms with van der Waals surface area (Å²) in [6.07, 6.45) is -0.588. The number of aliphatic hydroxyl groups excluding tert-OH is 1. The fourth-order valence-corrected chi connectivity index (χ4v) is 2.10. The number of rotatable bonds is 3. The predicted octanol–water partition coefficient (Wildman–Crippen LogP) is 2.96. The molecule has 0 spiro atoms. The highest BCUT2D eigenvalue weighted by Crippen LogP contribution is 2.26. The van der Waals surface area contributed by atoms with E-state index in [9.17, 15) is 5.11 Å². The van der Waals surface area contributed by atoms with Crippen molar-refractivity contribution >= 4 is 0 Å². The van der Waals surface area contributed by atoms with Crippen LogP contribution in [0.1, 0.15) is 22.8 Å². The van der Waals surface area contributed by atoms with Crippen molar-refractivity contribution in [3.05, 3.63) is 59.2 Å². The first kappa shape index (κ1) is 12.8. The van der Waals surface area contributed by atoms with Gasteiger partial charge in [0.15, 0.2) is 0 Å². The van der Waals surface area contributed by atoms with Gasteiger partial charge in [-0.1, -0.05) is 42.0 Å². The molecule has 1 atom stereocenters. The van der Waals surface area contributed by atoms with Gasteiger partial charge in [0, 0.05) is 6.54 Å². The molecule has 2 rings (SSSR count). The molecule has 94 valence electrons. The van der Waals surface area contributed by atoms with Crippen LogP contribution in [0.25, 0.3) is 11.1 Å². The van der Waals surface area contributed by atoms with Crippen LogP contribution in [-0.4, -0.2) is 11.7 Å². The number of aryl methyl sites for hydroxylation is 2. The first-order valence-electron chi connectivity index (χ1n) is 6.17. The molecule has 0 fully saturated rings. The number of nitrogens with two attached hydrogens (primary N) is 1. The molecule has 2 aromatic carbocycles. The van der Waals surface area contributed by atoms with E-state index in [0.717, 1.165) is 11.1 Å². The molecule has 2 nitrogen and oxygen atoms in total. The Hall–Kier alpha value is -1.64. The first-order chi connectivity index (χ1) is 8.61. The molecule has 0 saturated carbocycles. The lowest BCUT2D eigenvalue weighted by Crippen LogP contribution is -2.11. The zero-order chi connectivity index (χ0) is 13.1. The van der Waals surface area contributed by atoms with E-state index in [4.69, 9.17) is 5.73 Å². The highest BCUT2D eigenvalue weighted by atomic mass is 16.3. The van der Waals surface area contributed by atoms with Crippen molar-refractivity contribution in [1.29, 1.82) is 0 Å². The summed E-state index contributed by atoms with van der Waals surface area (Å²) in [5.41, 5.74) is 11.2. The topological polar surface area (TPSA) is 46.2 Å². The summed E-state index contributed by atoms with van der Waals surface area (Å²) in [4.78, 5) is 0. The van der Waals surface area contributed by atoms with Gasteiger partial charge in [0.05, 0.1) is 6.10 Å². The monoisotopic (exact) mass is 241 g/mol. The van der Waals surface area contributed by atoms with Crippen LogP contribution in [0.5, 0.6) is 0 Å². The summed E-state index contributed by atoms with van der Waals surface area (Å²) in [5, 5.41) is 9.80. The third kappa shape index (κ3) is 2.61. The molecular weight excluding hydrogens is 222 g/mol. The van der Waals surface area contributed by atoms with Gasteiger partial charge in [-0.2, -0.15) is 0 Å². The molecule has 0 aliphatic rings. The quantitative estimate of drug-likeness (QED) is 0.867. The lowest BCUT2D eigenvalue weighted by Gasteiger charge is -2.12. The summed E-state index contributed by atoms with van der Waals surface area (Å²) >= 11 is 0. The number of hydrogen-bond acceptors (Lipinski definition) is 2. The molecule has 0 heterocycles. The molecule has 0 aliphatic carbocycles. The van der Waals surface area contributed by atoms with Gasteiger partial charge in [-0.05, 0) is 42.2 Å². The lowest BCUT2D eigenvalue weighted by molar-refractivity contribution is 0.187. The second-order valence-electron chi connectivity index (χ2n) is 4.70. The smallest absolute Gasteiger partial charge is 0.0912 e. The third-order valence-corrected chi connectivity index (χ3v) is 3.20. The molecular formula is C16H19NO. The maximum atomic E-state index is 9.80. The number of benzene rings is 2. The van der Waals surface area contributed by atoms with Crippen LogP contribution in [0, 0.1) is 13.8 Å². The van der Waals surface area contributed by atoms with Gasteiger partial charge < -0.3 is 10.8 Å². The Morgan fingerprint density at radius 1 is 1.11 bits per heavy atom. The molecule has 2 aromatic rings. The largest absolute Gasteiger partial charge is 0.387 e. The Bertz CT molecular complexity index is 549. The Kier molecular flexibility index (Phi) is 3.80. The first-order valence-corrected chi connectivity index (χ1v) is 6.17. The van der Waals surface area contributed by atoms with Gasteiger partial charge in [0.25, 0.3) is 0 Å². The fraction of sp³-hybridized carbons (Fsp3) is 0.250. The van der Waals surface area contributed by atoms with Gasteiger partial charge in [0.2, 0.25) is 0 Å². The van der Waals surface area contributed by atoms with E-state index < -0.39 is 6.10 Å². The maximum Gasteiger partial charge on any atom is 0.0912 e. The molecule has 1 unspecified atom stereocenters. The summed E-state index contributed by atoms with van der Waals surface area (Å²) in [6.45, 7) is 4.43. The van der Waals surface area contributed by atoms with Crippen LogP contribution >= 0.6 is 0 Å². The van der Waals surface area contributed by atoms with Crippen molar-refractivity contribution < 1.29 is 5.11 Å². The van der Waals surface area contributed by atoms with E-state index in [2.05, 4.69) is 38.1 Å². The molecule has 0 saturated heterocycles. The van der Waals surface area contributed by atoms with Crippen molar-refractivity contribution in [2.75, 3.05) is 6.54 Å². The standard InChI is InChI=1S/C16H19NO/c1-11-6-7-12(2)15(8-11)13-4-3-5-14(9-13)16(18)10-17/h3-9,16,18H,10,17H2,1-2H3. The highest BCUT2D eigenvalue weighted by Gasteiger charge is 2.08. The van der Waals surface area contributed by atoms with Crippen molar-refractivity contribution in [2.24, 2.45) is 5.73 Å². The zero-order valence-corrected chi connectivity index (χ0v) is 10.9. The van der Waals surface area contributed by atoms with E-state index in [1.165, 1.54) is 16.7 Å². The highest BCUT2D eigenvalue weighted by molar-refractivity contribution is 5.68. The van der Waals surface area contributed by atoms with Gasteiger partial charge in [-0.25, -0.2) is 0 Å². The number of hydrogen-bond donors (Lipinski definition) is 2. The third-order valence-electron chi connectivity index (χ3n) is 3.20. The summed E-state index contributed by atoms with van der Waals surface area (Å²) in [5.74, 6) is 0. The molecule has 18 heavy (non-hydrogen) atoms. The molecule has 0 radical (unpaired) electrons. The van der Waals surface area contributed by atoms with Crippen LogP contribution in [0.4, 0.5) is 0 Å². The van der Waals surface area contributed by atoms with Crippen molar-refractivity contribution in [2.45, 2.75) is 20.0 Å². The predicted molar refractivity (Wildman–Crippen MR) is 75.4 cm³/mol. The van der Waals surface area contributed by atoms with E-state index >= 15 is 0 Å². The van der Waals surface area contributed by atoms with Crippen LogP contribution in [-0.2, 0) is 0 Å². The van der Waals surface area contributed by atoms with Gasteiger partial charge in [0.1, 0.15) is 0 Å². The van der Waals surface area contributed by atoms with Crippen LogP contribution in [0.3, 0.4) is 0 Å². The zero-order valence-electron chi connectivity index (χ0n) is 10.9. The molecule has 0 aliphatic heterocycles. The Morgan fingerprint density at radius 2 is 1.89 bits per heavy atom. The van der Waals surface area contributed by atoms with E-state index in [1.807, 2.05) is 18.2 Å². The Morgan fingerprint density at radius 3 is 2.61 bits per heavy atom. The average molecular weight is 241 g/mol. The van der Waals surface area contributed by atoms with Gasteiger partial charge in [-0.15, -0.1) is 0 Å². The second kappa shape index (κ2) is 5.34. The summed E-state index contributed by atoms with van der Waals surface area (Å²) in [7, 11) is 0. The molecule has 0 bridgehead atoms. The maximum absolute atomic E-state index is 9.80. The van der Waals surface area contributed by atoms with E-state index in [-0.39, 0.29) is 6.54 Å². The van der Waals surface area contributed by atoms with Gasteiger partial charge >= 0.3 is 0 Å². The average Bonchev–Trinajstić information content (AvgIpc) is 2.40. The Labute approximate surface area is 108 Å². The van der Waals surface area contributed by atoms with Crippen molar-refractivity contribution in [1.82, 2.24) is 0 Å². The van der Waals surface area contributed by atoms with Crippen LogP contribution in [0.2, 0.25) is 0 Å². The molecule has 0 amide bonds. The number of aliphatic hydroxyl groups is 1. The van der Waals surface area contributed by atoms with E-state index in [1.54, 1.807) is 0 Å². The summed E-state index contributed by atoms with van der Waals surface area (Å²) in [6, 6.07) is 14.3. The summed E-state index contributed by atoms with van der Waals surface area (Å²) < 4.78 is 0. The fourth-order valence-electron chi connectivity index (χ4n) is 2.10. The van der Waals surface area contributed by atoms with Gasteiger partial charge in [-0.3, -0.25) is 0 Å². The Balaban J connectivity index is 2.47. The van der Waals surface area contributed by atoms with Crippen LogP contribution < -0.4 is 5.73 Å². The van der Waals surface area contributed by atoms with E-state index in [0.29, 0.717) is 0 Å². The van der Waals surface area contributed by atoms with Crippen molar-refractivity contribution in [3.63, 3.8) is 0 Å². The molecule has 3 N–H and O–H groups in total. The second-order valence-corrected chi connectivity index (χ2v) is 4.70.